The van der Waals surface area contributed by atoms with E-state index in [0.717, 1.165) is 10.0 Å². The zero-order chi connectivity index (χ0) is 14.0. The predicted octanol–water partition coefficient (Wildman–Crippen LogP) is 4.07. The van der Waals surface area contributed by atoms with E-state index in [4.69, 9.17) is 17.1 Å². The lowest BCUT2D eigenvalue weighted by atomic mass is 10.1. The van der Waals surface area contributed by atoms with Crippen molar-refractivity contribution < 1.29 is 4.79 Å². The standard InChI is InChI=1S/C12H12BrClN4O/c1-7-2-9(13)12(10(14)3-7)18-6-8(4-11(18)19)5-16-17-15/h2-3,8H,4-6H2,1H3. The van der Waals surface area contributed by atoms with Gasteiger partial charge in [0.2, 0.25) is 5.91 Å². The van der Waals surface area contributed by atoms with Gasteiger partial charge < -0.3 is 4.90 Å². The van der Waals surface area contributed by atoms with E-state index in [1.54, 1.807) is 4.90 Å². The minimum atomic E-state index is 0.00425. The maximum absolute atomic E-state index is 12.0. The average molecular weight is 344 g/mol. The molecular formula is C12H12BrClN4O. The van der Waals surface area contributed by atoms with Crippen molar-refractivity contribution in [1.29, 1.82) is 0 Å². The molecule has 1 amide bonds. The lowest BCUT2D eigenvalue weighted by Crippen LogP contribution is -2.25. The Kier molecular flexibility index (Phi) is 4.34. The van der Waals surface area contributed by atoms with Crippen LogP contribution in [0.3, 0.4) is 0 Å². The van der Waals surface area contributed by atoms with E-state index in [1.165, 1.54) is 0 Å². The molecule has 100 valence electrons. The third kappa shape index (κ3) is 3.03. The Hall–Kier alpha value is -1.23. The lowest BCUT2D eigenvalue weighted by molar-refractivity contribution is -0.117. The van der Waals surface area contributed by atoms with E-state index in [1.807, 2.05) is 19.1 Å². The third-order valence-electron chi connectivity index (χ3n) is 3.04. The number of azide groups is 1. The summed E-state index contributed by atoms with van der Waals surface area (Å²) in [6.07, 6.45) is 0.385. The van der Waals surface area contributed by atoms with Crippen LogP contribution in [-0.2, 0) is 4.79 Å². The van der Waals surface area contributed by atoms with Gasteiger partial charge in [-0.1, -0.05) is 16.7 Å². The van der Waals surface area contributed by atoms with Crippen LogP contribution in [0.25, 0.3) is 10.4 Å². The van der Waals surface area contributed by atoms with Gasteiger partial charge in [0.25, 0.3) is 0 Å². The lowest BCUT2D eigenvalue weighted by Gasteiger charge is -2.20. The Balaban J connectivity index is 2.28. The number of halogens is 2. The molecule has 1 heterocycles. The number of carbonyl (C=O) groups is 1. The highest BCUT2D eigenvalue weighted by molar-refractivity contribution is 9.10. The Bertz CT molecular complexity index is 548. The van der Waals surface area contributed by atoms with Gasteiger partial charge in [0.05, 0.1) is 10.7 Å². The monoisotopic (exact) mass is 342 g/mol. The Labute approximate surface area is 124 Å². The summed E-state index contributed by atoms with van der Waals surface area (Å²) in [7, 11) is 0. The first-order valence-corrected chi connectivity index (χ1v) is 6.97. The molecule has 1 fully saturated rings. The van der Waals surface area contributed by atoms with Crippen molar-refractivity contribution in [3.8, 4) is 0 Å². The summed E-state index contributed by atoms with van der Waals surface area (Å²) >= 11 is 9.67. The molecule has 1 aliphatic rings. The minimum absolute atomic E-state index is 0.00425. The summed E-state index contributed by atoms with van der Waals surface area (Å²) in [4.78, 5) is 16.4. The molecule has 1 unspecified atom stereocenters. The number of anilines is 1. The molecule has 1 aliphatic heterocycles. The molecule has 2 rings (SSSR count). The van der Waals surface area contributed by atoms with Crippen LogP contribution in [0.5, 0.6) is 0 Å². The molecule has 0 bridgehead atoms. The summed E-state index contributed by atoms with van der Waals surface area (Å²) in [6, 6.07) is 3.75. The van der Waals surface area contributed by atoms with Crippen LogP contribution in [0.15, 0.2) is 21.7 Å². The fraction of sp³-hybridized carbons (Fsp3) is 0.417. The number of amides is 1. The van der Waals surface area contributed by atoms with Gasteiger partial charge >= 0.3 is 0 Å². The molecule has 19 heavy (non-hydrogen) atoms. The number of nitrogens with zero attached hydrogens (tertiary/aromatic N) is 4. The highest BCUT2D eigenvalue weighted by Crippen LogP contribution is 2.38. The number of benzene rings is 1. The number of aryl methyl sites for hydroxylation is 1. The highest BCUT2D eigenvalue weighted by atomic mass is 79.9. The van der Waals surface area contributed by atoms with Crippen LogP contribution in [-0.4, -0.2) is 19.0 Å². The number of hydrogen-bond acceptors (Lipinski definition) is 2. The van der Waals surface area contributed by atoms with Crippen molar-refractivity contribution in [3.05, 3.63) is 37.6 Å². The number of carbonyl (C=O) groups excluding carboxylic acids is 1. The van der Waals surface area contributed by atoms with Crippen LogP contribution in [0.1, 0.15) is 12.0 Å². The maximum Gasteiger partial charge on any atom is 0.227 e. The summed E-state index contributed by atoms with van der Waals surface area (Å²) in [6.45, 7) is 2.80. The van der Waals surface area contributed by atoms with Crippen LogP contribution in [0.4, 0.5) is 5.69 Å². The van der Waals surface area contributed by atoms with Gasteiger partial charge in [0.1, 0.15) is 0 Å². The van der Waals surface area contributed by atoms with Crippen molar-refractivity contribution in [2.24, 2.45) is 11.0 Å². The van der Waals surface area contributed by atoms with Crippen LogP contribution in [0, 0.1) is 12.8 Å². The Morgan fingerprint density at radius 2 is 2.37 bits per heavy atom. The first-order chi connectivity index (χ1) is 9.02. The normalized spacial score (nSPS) is 18.6. The van der Waals surface area contributed by atoms with E-state index in [0.29, 0.717) is 30.2 Å². The van der Waals surface area contributed by atoms with Gasteiger partial charge in [-0.05, 0) is 52.0 Å². The van der Waals surface area contributed by atoms with Crippen molar-refractivity contribution in [2.75, 3.05) is 18.0 Å². The fourth-order valence-electron chi connectivity index (χ4n) is 2.22. The largest absolute Gasteiger partial charge is 0.310 e. The summed E-state index contributed by atoms with van der Waals surface area (Å²) < 4.78 is 0.801. The molecule has 1 atom stereocenters. The van der Waals surface area contributed by atoms with E-state index >= 15 is 0 Å². The van der Waals surface area contributed by atoms with Crippen LogP contribution < -0.4 is 4.90 Å². The molecular weight excluding hydrogens is 332 g/mol. The second-order valence-electron chi connectivity index (χ2n) is 4.57. The van der Waals surface area contributed by atoms with Crippen LogP contribution in [0.2, 0.25) is 5.02 Å². The predicted molar refractivity (Wildman–Crippen MR) is 78.4 cm³/mol. The smallest absolute Gasteiger partial charge is 0.227 e. The molecule has 5 nitrogen and oxygen atoms in total. The summed E-state index contributed by atoms with van der Waals surface area (Å²) in [5.74, 6) is 0.0530. The van der Waals surface area contributed by atoms with E-state index < -0.39 is 0 Å². The zero-order valence-corrected chi connectivity index (χ0v) is 12.6. The fourth-order valence-corrected chi connectivity index (χ4v) is 3.50. The number of rotatable bonds is 3. The van der Waals surface area contributed by atoms with Gasteiger partial charge in [-0.2, -0.15) is 0 Å². The zero-order valence-electron chi connectivity index (χ0n) is 10.3. The van der Waals surface area contributed by atoms with Crippen molar-refractivity contribution >= 4 is 39.1 Å². The second kappa shape index (κ2) is 5.82. The van der Waals surface area contributed by atoms with Gasteiger partial charge in [-0.3, -0.25) is 4.79 Å². The molecule has 0 spiro atoms. The molecule has 7 heteroatoms. The molecule has 1 aromatic rings. The van der Waals surface area contributed by atoms with Gasteiger partial charge in [-0.15, -0.1) is 0 Å². The van der Waals surface area contributed by atoms with Crippen LogP contribution >= 0.6 is 27.5 Å². The van der Waals surface area contributed by atoms with E-state index in [2.05, 4.69) is 26.0 Å². The molecule has 1 aromatic carbocycles. The van der Waals surface area contributed by atoms with Gasteiger partial charge in [0.15, 0.2) is 0 Å². The SMILES string of the molecule is Cc1cc(Cl)c(N2CC(CN=[N+]=[N-])CC2=O)c(Br)c1. The van der Waals surface area contributed by atoms with E-state index in [-0.39, 0.29) is 11.8 Å². The quantitative estimate of drug-likeness (QED) is 0.463. The Morgan fingerprint density at radius 3 is 3.00 bits per heavy atom. The topological polar surface area (TPSA) is 69.1 Å². The molecule has 0 radical (unpaired) electrons. The van der Waals surface area contributed by atoms with Gasteiger partial charge in [-0.25, -0.2) is 0 Å². The first kappa shape index (κ1) is 14.2. The van der Waals surface area contributed by atoms with Crippen molar-refractivity contribution in [3.63, 3.8) is 0 Å². The minimum Gasteiger partial charge on any atom is -0.310 e. The number of hydrogen-bond donors (Lipinski definition) is 0. The van der Waals surface area contributed by atoms with Gasteiger partial charge in [0, 0.05) is 28.9 Å². The molecule has 1 saturated heterocycles. The van der Waals surface area contributed by atoms with Crippen molar-refractivity contribution in [2.45, 2.75) is 13.3 Å². The second-order valence-corrected chi connectivity index (χ2v) is 5.83. The molecule has 0 aromatic heterocycles. The third-order valence-corrected chi connectivity index (χ3v) is 3.93. The molecule has 0 aliphatic carbocycles. The summed E-state index contributed by atoms with van der Waals surface area (Å²) in [5.41, 5.74) is 10.0. The Morgan fingerprint density at radius 1 is 1.63 bits per heavy atom. The highest BCUT2D eigenvalue weighted by Gasteiger charge is 2.32. The van der Waals surface area contributed by atoms with E-state index in [9.17, 15) is 4.79 Å². The average Bonchev–Trinajstić information content (AvgIpc) is 2.67. The maximum atomic E-state index is 12.0. The molecule has 0 saturated carbocycles. The first-order valence-electron chi connectivity index (χ1n) is 5.79. The molecule has 0 N–H and O–H groups in total. The van der Waals surface area contributed by atoms with Crippen molar-refractivity contribution in [1.82, 2.24) is 0 Å². The summed E-state index contributed by atoms with van der Waals surface area (Å²) in [5, 5.41) is 4.08.